The van der Waals surface area contributed by atoms with Crippen LogP contribution >= 0.6 is 0 Å². The number of aryl methyl sites for hydroxylation is 1. The van der Waals surface area contributed by atoms with E-state index in [9.17, 15) is 4.79 Å². The molecule has 1 aliphatic carbocycles. The van der Waals surface area contributed by atoms with Crippen molar-refractivity contribution in [3.63, 3.8) is 0 Å². The summed E-state index contributed by atoms with van der Waals surface area (Å²) in [5.41, 5.74) is 6.54. The molecule has 158 valence electrons. The maximum Gasteiger partial charge on any atom is 0.133 e. The number of carbonyl (C=O) groups excluding carboxylic acids is 1. The number of allylic oxidation sites excluding steroid dienone is 2. The van der Waals surface area contributed by atoms with E-state index < -0.39 is 0 Å². The van der Waals surface area contributed by atoms with Crippen LogP contribution in [0, 0.1) is 12.8 Å². The number of fused-ring (bicyclic) bond motifs is 4. The van der Waals surface area contributed by atoms with Gasteiger partial charge in [0.15, 0.2) is 0 Å². The Labute approximate surface area is 186 Å². The van der Waals surface area contributed by atoms with Gasteiger partial charge in [-0.3, -0.25) is 19.7 Å². The molecule has 1 fully saturated rings. The fraction of sp³-hybridized carbons (Fsp3) is 0.269. The van der Waals surface area contributed by atoms with Crippen molar-refractivity contribution >= 4 is 16.8 Å². The summed E-state index contributed by atoms with van der Waals surface area (Å²) < 4.78 is 2.31. The summed E-state index contributed by atoms with van der Waals surface area (Å²) in [6.45, 7) is 2.73. The second kappa shape index (κ2) is 7.48. The summed E-state index contributed by atoms with van der Waals surface area (Å²) in [5, 5.41) is 0. The normalized spacial score (nSPS) is 20.1. The quantitative estimate of drug-likeness (QED) is 0.431. The summed E-state index contributed by atoms with van der Waals surface area (Å²) in [7, 11) is 0. The zero-order valence-corrected chi connectivity index (χ0v) is 17.9. The van der Waals surface area contributed by atoms with E-state index in [-0.39, 0.29) is 11.8 Å². The van der Waals surface area contributed by atoms with Crippen molar-refractivity contribution in [2.45, 2.75) is 38.6 Å². The Morgan fingerprint density at radius 3 is 2.78 bits per heavy atom. The third-order valence-corrected chi connectivity index (χ3v) is 6.59. The van der Waals surface area contributed by atoms with Crippen LogP contribution in [0.1, 0.15) is 36.7 Å². The number of rotatable bonds is 2. The summed E-state index contributed by atoms with van der Waals surface area (Å²) in [4.78, 5) is 31.1. The molecule has 1 saturated carbocycles. The maximum atomic E-state index is 12.1. The molecule has 6 heteroatoms. The van der Waals surface area contributed by atoms with E-state index in [1.54, 1.807) is 12.4 Å². The number of benzene rings is 1. The van der Waals surface area contributed by atoms with Crippen molar-refractivity contribution < 1.29 is 4.79 Å². The fourth-order valence-corrected chi connectivity index (χ4v) is 5.10. The van der Waals surface area contributed by atoms with Crippen molar-refractivity contribution in [3.8, 4) is 22.6 Å². The molecule has 32 heavy (non-hydrogen) atoms. The zero-order chi connectivity index (χ0) is 21.7. The molecular formula is C26H23N5O. The Morgan fingerprint density at radius 2 is 1.91 bits per heavy atom. The standard InChI is InChI=1S/C26H23N5O/c1-16-4-2-6-22(29-16)24-25(18-7-10-21-23(15-18)28-12-11-27-21)31-13-3-5-17-14-19(32)8-9-20(17)26(31)30-24/h2-7,10-12,15,17,20H,8-9,13-14H2,1H3/t17-,20-/m0/s1. The lowest BCUT2D eigenvalue weighted by Gasteiger charge is -2.27. The van der Waals surface area contributed by atoms with Crippen molar-refractivity contribution in [3.05, 3.63) is 72.5 Å². The highest BCUT2D eigenvalue weighted by Gasteiger charge is 2.35. The van der Waals surface area contributed by atoms with E-state index in [2.05, 4.69) is 38.8 Å². The van der Waals surface area contributed by atoms with Gasteiger partial charge in [0.05, 0.1) is 22.4 Å². The molecule has 0 unspecified atom stereocenters. The smallest absolute Gasteiger partial charge is 0.133 e. The van der Waals surface area contributed by atoms with Crippen LogP contribution < -0.4 is 0 Å². The van der Waals surface area contributed by atoms with Gasteiger partial charge in [-0.05, 0) is 43.5 Å². The van der Waals surface area contributed by atoms with E-state index in [0.29, 0.717) is 18.6 Å². The Balaban J connectivity index is 1.60. The number of ketones is 1. The molecule has 4 aromatic rings. The summed E-state index contributed by atoms with van der Waals surface area (Å²) in [6.07, 6.45) is 9.91. The number of pyridine rings is 1. The Kier molecular flexibility index (Phi) is 4.45. The Hall–Kier alpha value is -3.67. The van der Waals surface area contributed by atoms with Crippen LogP contribution in [-0.4, -0.2) is 30.3 Å². The molecule has 0 bridgehead atoms. The number of hydrogen-bond donors (Lipinski definition) is 0. The van der Waals surface area contributed by atoms with Crippen LogP contribution in [0.2, 0.25) is 0 Å². The number of aromatic nitrogens is 5. The minimum atomic E-state index is 0.216. The Bertz CT molecular complexity index is 1390. The lowest BCUT2D eigenvalue weighted by atomic mass is 9.78. The van der Waals surface area contributed by atoms with Gasteiger partial charge < -0.3 is 4.57 Å². The van der Waals surface area contributed by atoms with Crippen LogP contribution in [0.3, 0.4) is 0 Å². The van der Waals surface area contributed by atoms with Crippen LogP contribution in [0.25, 0.3) is 33.7 Å². The van der Waals surface area contributed by atoms with Crippen molar-refractivity contribution in [1.29, 1.82) is 0 Å². The molecule has 1 aromatic carbocycles. The highest BCUT2D eigenvalue weighted by atomic mass is 16.1. The first-order valence-electron chi connectivity index (χ1n) is 11.1. The largest absolute Gasteiger partial charge is 0.323 e. The Morgan fingerprint density at radius 1 is 1.03 bits per heavy atom. The molecule has 1 aliphatic heterocycles. The molecule has 2 atom stereocenters. The number of nitrogens with zero attached hydrogens (tertiary/aromatic N) is 5. The van der Waals surface area contributed by atoms with E-state index in [1.807, 2.05) is 31.2 Å². The second-order valence-corrected chi connectivity index (χ2v) is 8.68. The molecule has 0 saturated heterocycles. The average molecular weight is 422 g/mol. The molecule has 3 aromatic heterocycles. The summed E-state index contributed by atoms with van der Waals surface area (Å²) in [6, 6.07) is 12.2. The van der Waals surface area contributed by atoms with Crippen molar-refractivity contribution in [1.82, 2.24) is 24.5 Å². The number of imidazole rings is 1. The number of carbonyl (C=O) groups is 1. The molecule has 6 nitrogen and oxygen atoms in total. The third kappa shape index (κ3) is 3.14. The van der Waals surface area contributed by atoms with Crippen molar-refractivity contribution in [2.75, 3.05) is 0 Å². The fourth-order valence-electron chi connectivity index (χ4n) is 5.10. The monoisotopic (exact) mass is 421 g/mol. The highest BCUT2D eigenvalue weighted by Crippen LogP contribution is 2.43. The van der Waals surface area contributed by atoms with Gasteiger partial charge in [-0.25, -0.2) is 4.98 Å². The van der Waals surface area contributed by atoms with E-state index in [0.717, 1.165) is 58.2 Å². The van der Waals surface area contributed by atoms with Gasteiger partial charge in [-0.2, -0.15) is 0 Å². The topological polar surface area (TPSA) is 73.6 Å². The van der Waals surface area contributed by atoms with Gasteiger partial charge >= 0.3 is 0 Å². The van der Waals surface area contributed by atoms with Crippen molar-refractivity contribution in [2.24, 2.45) is 5.92 Å². The van der Waals surface area contributed by atoms with Crippen LogP contribution in [0.15, 0.2) is 60.9 Å². The van der Waals surface area contributed by atoms with Gasteiger partial charge in [-0.15, -0.1) is 0 Å². The van der Waals surface area contributed by atoms with Crippen LogP contribution in [-0.2, 0) is 11.3 Å². The van der Waals surface area contributed by atoms with Gasteiger partial charge in [0.1, 0.15) is 17.3 Å². The zero-order valence-electron chi connectivity index (χ0n) is 17.9. The predicted octanol–water partition coefficient (Wildman–Crippen LogP) is 4.89. The molecule has 4 heterocycles. The van der Waals surface area contributed by atoms with Crippen LogP contribution in [0.5, 0.6) is 0 Å². The molecule has 0 amide bonds. The second-order valence-electron chi connectivity index (χ2n) is 8.68. The molecule has 0 spiro atoms. The molecule has 0 N–H and O–H groups in total. The molecular weight excluding hydrogens is 398 g/mol. The van der Waals surface area contributed by atoms with E-state index in [1.165, 1.54) is 0 Å². The van der Waals surface area contributed by atoms with Gasteiger partial charge in [-0.1, -0.05) is 24.3 Å². The van der Waals surface area contributed by atoms with Crippen LogP contribution in [0.4, 0.5) is 0 Å². The number of Topliss-reactive ketones (excluding diaryl/α,β-unsaturated/α-hetero) is 1. The van der Waals surface area contributed by atoms with Gasteiger partial charge in [0, 0.05) is 49.0 Å². The first-order valence-corrected chi connectivity index (χ1v) is 11.1. The lowest BCUT2D eigenvalue weighted by molar-refractivity contribution is -0.121. The minimum absolute atomic E-state index is 0.216. The lowest BCUT2D eigenvalue weighted by Crippen LogP contribution is -2.23. The summed E-state index contributed by atoms with van der Waals surface area (Å²) >= 11 is 0. The first kappa shape index (κ1) is 19.0. The molecule has 2 aliphatic rings. The molecule has 6 rings (SSSR count). The third-order valence-electron chi connectivity index (χ3n) is 6.59. The number of hydrogen-bond acceptors (Lipinski definition) is 5. The van der Waals surface area contributed by atoms with Gasteiger partial charge in [0.2, 0.25) is 0 Å². The van der Waals surface area contributed by atoms with E-state index in [4.69, 9.17) is 9.97 Å². The summed E-state index contributed by atoms with van der Waals surface area (Å²) in [5.74, 6) is 1.86. The SMILES string of the molecule is Cc1cccc(-c2nc3n(c2-c2ccc4nccnc4c2)CC=C[C@H]2CC(=O)CC[C@H]32)n1. The average Bonchev–Trinajstić information content (AvgIpc) is 3.09. The predicted molar refractivity (Wildman–Crippen MR) is 123 cm³/mol. The highest BCUT2D eigenvalue weighted by molar-refractivity contribution is 5.85. The molecule has 0 radical (unpaired) electrons. The van der Waals surface area contributed by atoms with E-state index >= 15 is 0 Å². The van der Waals surface area contributed by atoms with Gasteiger partial charge in [0.25, 0.3) is 0 Å². The maximum absolute atomic E-state index is 12.1. The first-order chi connectivity index (χ1) is 15.7. The minimum Gasteiger partial charge on any atom is -0.323 e.